The minimum absolute atomic E-state index is 0.117. The van der Waals surface area contributed by atoms with E-state index < -0.39 is 15.6 Å². The molecule has 1 fully saturated rings. The Morgan fingerprint density at radius 2 is 2.27 bits per heavy atom. The Hall–Kier alpha value is -1.64. The zero-order valence-corrected chi connectivity index (χ0v) is 16.1. The smallest absolute Gasteiger partial charge is 0.273 e. The molecule has 0 radical (unpaired) electrons. The molecule has 0 bridgehead atoms. The number of carbonyl (C=O) groups is 1. The molecule has 1 atom stereocenters. The van der Waals surface area contributed by atoms with Crippen molar-refractivity contribution in [2.24, 2.45) is 5.16 Å². The van der Waals surface area contributed by atoms with Crippen LogP contribution in [0.5, 0.6) is 0 Å². The van der Waals surface area contributed by atoms with E-state index in [-0.39, 0.29) is 30.3 Å². The molecule has 1 aromatic carbocycles. The van der Waals surface area contributed by atoms with Crippen molar-refractivity contribution in [1.29, 1.82) is 0 Å². The highest BCUT2D eigenvalue weighted by atomic mass is 35.5. The standard InChI is InChI=1S/C17H22ClN3O4S/c1-2-9-26(23,24)21-8-4-7-17(12-21)11-15(20-25-17)16(22)19-14-6-3-5-13(18)10-14/h3,5-6,10H,2,4,7-9,11-12H2,1H3,(H,19,22)/t17-/m0/s1. The van der Waals surface area contributed by atoms with Crippen LogP contribution >= 0.6 is 11.6 Å². The van der Waals surface area contributed by atoms with Crippen LogP contribution in [0.1, 0.15) is 32.6 Å². The zero-order chi connectivity index (χ0) is 18.8. The molecule has 9 heteroatoms. The highest BCUT2D eigenvalue weighted by Crippen LogP contribution is 2.34. The molecule has 0 aromatic heterocycles. The topological polar surface area (TPSA) is 88.1 Å². The van der Waals surface area contributed by atoms with Gasteiger partial charge in [0.2, 0.25) is 10.0 Å². The summed E-state index contributed by atoms with van der Waals surface area (Å²) in [5.74, 6) is -0.246. The van der Waals surface area contributed by atoms with Crippen LogP contribution in [0.3, 0.4) is 0 Å². The van der Waals surface area contributed by atoms with Gasteiger partial charge in [0, 0.05) is 23.7 Å². The molecule has 3 rings (SSSR count). The summed E-state index contributed by atoms with van der Waals surface area (Å²) in [6, 6.07) is 6.83. The average Bonchev–Trinajstić information content (AvgIpc) is 2.98. The number of anilines is 1. The molecule has 0 unspecified atom stereocenters. The van der Waals surface area contributed by atoms with Crippen molar-refractivity contribution < 1.29 is 18.0 Å². The third kappa shape index (κ3) is 4.19. The van der Waals surface area contributed by atoms with E-state index >= 15 is 0 Å². The molecule has 1 aromatic rings. The highest BCUT2D eigenvalue weighted by molar-refractivity contribution is 7.89. The Bertz CT molecular complexity index is 827. The first kappa shape index (κ1) is 19.1. The summed E-state index contributed by atoms with van der Waals surface area (Å²) in [5.41, 5.74) is 0.0849. The molecule has 1 N–H and O–H groups in total. The molecule has 2 aliphatic rings. The van der Waals surface area contributed by atoms with Crippen LogP contribution in [-0.4, -0.2) is 48.8 Å². The Kier molecular flexibility index (Phi) is 5.55. The minimum Gasteiger partial charge on any atom is -0.387 e. The van der Waals surface area contributed by atoms with E-state index in [1.807, 2.05) is 6.92 Å². The number of halogens is 1. The maximum Gasteiger partial charge on any atom is 0.273 e. The minimum atomic E-state index is -3.30. The van der Waals surface area contributed by atoms with Gasteiger partial charge in [-0.1, -0.05) is 29.7 Å². The number of sulfonamides is 1. The molecule has 2 aliphatic heterocycles. The molecule has 2 heterocycles. The zero-order valence-electron chi connectivity index (χ0n) is 14.6. The van der Waals surface area contributed by atoms with Gasteiger partial charge < -0.3 is 10.2 Å². The normalized spacial score (nSPS) is 23.5. The fourth-order valence-corrected chi connectivity index (χ4v) is 5.12. The first-order valence-electron chi connectivity index (χ1n) is 8.63. The monoisotopic (exact) mass is 399 g/mol. The lowest BCUT2D eigenvalue weighted by molar-refractivity contribution is -0.110. The number of nitrogens with zero attached hydrogens (tertiary/aromatic N) is 2. The number of amides is 1. The SMILES string of the molecule is CCCS(=O)(=O)N1CCC[C@]2(CC(C(=O)Nc3cccc(Cl)c3)=NO2)C1. The number of benzene rings is 1. The van der Waals surface area contributed by atoms with Crippen LogP contribution in [0.25, 0.3) is 0 Å². The molecule has 0 saturated carbocycles. The van der Waals surface area contributed by atoms with Gasteiger partial charge in [0.25, 0.3) is 5.91 Å². The number of rotatable bonds is 5. The van der Waals surface area contributed by atoms with E-state index in [2.05, 4.69) is 10.5 Å². The number of carbonyl (C=O) groups excluding carboxylic acids is 1. The van der Waals surface area contributed by atoms with E-state index in [9.17, 15) is 13.2 Å². The van der Waals surface area contributed by atoms with Crippen LogP contribution in [0.15, 0.2) is 29.4 Å². The van der Waals surface area contributed by atoms with Gasteiger partial charge in [-0.2, -0.15) is 4.31 Å². The summed E-state index contributed by atoms with van der Waals surface area (Å²) < 4.78 is 26.2. The van der Waals surface area contributed by atoms with Crippen LogP contribution in [0, 0.1) is 0 Å². The van der Waals surface area contributed by atoms with Crippen molar-refractivity contribution in [3.8, 4) is 0 Å². The molecule has 7 nitrogen and oxygen atoms in total. The Morgan fingerprint density at radius 3 is 3.00 bits per heavy atom. The van der Waals surface area contributed by atoms with Gasteiger partial charge in [0.1, 0.15) is 5.71 Å². The second kappa shape index (κ2) is 7.54. The Balaban J connectivity index is 1.65. The lowest BCUT2D eigenvalue weighted by atomic mass is 9.89. The van der Waals surface area contributed by atoms with Gasteiger partial charge in [-0.15, -0.1) is 0 Å². The Morgan fingerprint density at radius 1 is 1.46 bits per heavy atom. The van der Waals surface area contributed by atoms with Crippen LogP contribution in [0.2, 0.25) is 5.02 Å². The number of hydrogen-bond acceptors (Lipinski definition) is 5. The van der Waals surface area contributed by atoms with E-state index in [4.69, 9.17) is 16.4 Å². The van der Waals surface area contributed by atoms with E-state index in [0.29, 0.717) is 36.5 Å². The third-order valence-electron chi connectivity index (χ3n) is 4.54. The molecule has 0 aliphatic carbocycles. The molecule has 26 heavy (non-hydrogen) atoms. The second-order valence-corrected chi connectivity index (χ2v) is 9.23. The van der Waals surface area contributed by atoms with Crippen LogP contribution < -0.4 is 5.32 Å². The fourth-order valence-electron chi connectivity index (χ4n) is 3.31. The first-order valence-corrected chi connectivity index (χ1v) is 10.6. The van der Waals surface area contributed by atoms with Crippen molar-refractivity contribution in [2.45, 2.75) is 38.2 Å². The van der Waals surface area contributed by atoms with E-state index in [1.165, 1.54) is 4.31 Å². The summed E-state index contributed by atoms with van der Waals surface area (Å²) in [6.45, 7) is 2.55. The van der Waals surface area contributed by atoms with Crippen molar-refractivity contribution in [1.82, 2.24) is 4.31 Å². The van der Waals surface area contributed by atoms with E-state index in [0.717, 1.165) is 0 Å². The molecular weight excluding hydrogens is 378 g/mol. The fraction of sp³-hybridized carbons (Fsp3) is 0.529. The van der Waals surface area contributed by atoms with Crippen LogP contribution in [0.4, 0.5) is 5.69 Å². The Labute approximate surface area is 158 Å². The lowest BCUT2D eigenvalue weighted by Crippen LogP contribution is -2.51. The number of piperidine rings is 1. The predicted octanol–water partition coefficient (Wildman–Crippen LogP) is 2.63. The van der Waals surface area contributed by atoms with Gasteiger partial charge >= 0.3 is 0 Å². The van der Waals surface area contributed by atoms with Gasteiger partial charge in [0.05, 0.1) is 12.3 Å². The van der Waals surface area contributed by atoms with Crippen molar-refractivity contribution >= 4 is 38.9 Å². The molecule has 1 saturated heterocycles. The van der Waals surface area contributed by atoms with Crippen molar-refractivity contribution in [2.75, 3.05) is 24.2 Å². The van der Waals surface area contributed by atoms with Crippen LogP contribution in [-0.2, 0) is 19.7 Å². The summed E-state index contributed by atoms with van der Waals surface area (Å²) in [5, 5.41) is 7.21. The van der Waals surface area contributed by atoms with E-state index in [1.54, 1.807) is 24.3 Å². The second-order valence-electron chi connectivity index (χ2n) is 6.71. The first-order chi connectivity index (χ1) is 12.3. The highest BCUT2D eigenvalue weighted by Gasteiger charge is 2.46. The number of oxime groups is 1. The third-order valence-corrected chi connectivity index (χ3v) is 6.80. The number of hydrogen-bond donors (Lipinski definition) is 1. The molecule has 1 spiro atoms. The maximum atomic E-state index is 12.4. The largest absolute Gasteiger partial charge is 0.387 e. The average molecular weight is 400 g/mol. The van der Waals surface area contributed by atoms with Crippen molar-refractivity contribution in [3.63, 3.8) is 0 Å². The quantitative estimate of drug-likeness (QED) is 0.824. The molecular formula is C17H22ClN3O4S. The van der Waals surface area contributed by atoms with Crippen molar-refractivity contribution in [3.05, 3.63) is 29.3 Å². The molecule has 1 amide bonds. The summed E-state index contributed by atoms with van der Waals surface area (Å²) in [7, 11) is -3.30. The summed E-state index contributed by atoms with van der Waals surface area (Å²) in [6.07, 6.45) is 2.21. The van der Waals surface area contributed by atoms with Gasteiger partial charge in [-0.3, -0.25) is 4.79 Å². The van der Waals surface area contributed by atoms with Gasteiger partial charge in [-0.05, 0) is 37.5 Å². The van der Waals surface area contributed by atoms with Gasteiger partial charge in [0.15, 0.2) is 5.60 Å². The lowest BCUT2D eigenvalue weighted by Gasteiger charge is -2.37. The summed E-state index contributed by atoms with van der Waals surface area (Å²) in [4.78, 5) is 18.0. The maximum absolute atomic E-state index is 12.4. The number of nitrogens with one attached hydrogen (secondary N) is 1. The summed E-state index contributed by atoms with van der Waals surface area (Å²) >= 11 is 5.92. The predicted molar refractivity (Wildman–Crippen MR) is 101 cm³/mol. The molecule has 142 valence electrons. The van der Waals surface area contributed by atoms with Gasteiger partial charge in [-0.25, -0.2) is 8.42 Å².